The lowest BCUT2D eigenvalue weighted by Crippen LogP contribution is -2.36. The normalized spacial score (nSPS) is 13.2. The number of anilines is 3. The number of hydrogen-bond acceptors (Lipinski definition) is 10. The fourth-order valence-corrected chi connectivity index (χ4v) is 7.79. The highest BCUT2D eigenvalue weighted by atomic mass is 35.5. The molecule has 1 amide bonds. The van der Waals surface area contributed by atoms with Crippen molar-refractivity contribution in [3.63, 3.8) is 0 Å². The highest BCUT2D eigenvalue weighted by Crippen LogP contribution is 2.38. The van der Waals surface area contributed by atoms with E-state index in [1.54, 1.807) is 12.1 Å². The van der Waals surface area contributed by atoms with Gasteiger partial charge in [0.15, 0.2) is 5.71 Å². The Morgan fingerprint density at radius 2 is 1.69 bits per heavy atom. The summed E-state index contributed by atoms with van der Waals surface area (Å²) >= 11 is 12.9. The van der Waals surface area contributed by atoms with Crippen LogP contribution in [0.2, 0.25) is 10.0 Å². The summed E-state index contributed by atoms with van der Waals surface area (Å²) in [6.07, 6.45) is 3.82. The smallest absolute Gasteiger partial charge is 0.294 e. The molecule has 0 radical (unpaired) electrons. The fourth-order valence-electron chi connectivity index (χ4n) is 7.26. The Bertz CT molecular complexity index is 2400. The molecule has 0 bridgehead atoms. The standard InChI is InChI=1S/C44H50Cl2N6O6/c1-8-39(58-37-19-15-26(4)21-27(37)5)57-25-47-29-16-20-38(55-6)35(24-29)49-43(53)41(42-50-40-32(44(54)52(42)56-7)22-28(45)23-33(40)46)48-34-17-18-36(51(9-2)10-3)31-14-12-11-13-30(31)34/h15-24,39,47H,8-14,25H2,1-7H3,(H,49,53). The monoisotopic (exact) mass is 828 g/mol. The number of fused-ring (bicyclic) bond motifs is 2. The van der Waals surface area contributed by atoms with E-state index in [9.17, 15) is 9.59 Å². The van der Waals surface area contributed by atoms with Crippen LogP contribution in [0.25, 0.3) is 10.9 Å². The molecule has 0 saturated carbocycles. The molecule has 6 rings (SSSR count). The van der Waals surface area contributed by atoms with Crippen LogP contribution in [-0.4, -0.2) is 61.7 Å². The van der Waals surface area contributed by atoms with Crippen LogP contribution in [0.1, 0.15) is 68.1 Å². The molecule has 0 fully saturated rings. The summed E-state index contributed by atoms with van der Waals surface area (Å²) in [6.45, 7) is 12.1. The molecule has 306 valence electrons. The van der Waals surface area contributed by atoms with Crippen molar-refractivity contribution in [3.8, 4) is 11.5 Å². The van der Waals surface area contributed by atoms with E-state index >= 15 is 0 Å². The minimum Gasteiger partial charge on any atom is -0.495 e. The van der Waals surface area contributed by atoms with Crippen molar-refractivity contribution < 1.29 is 23.8 Å². The number of carbonyl (C=O) groups is 1. The zero-order valence-corrected chi connectivity index (χ0v) is 35.5. The van der Waals surface area contributed by atoms with Crippen LogP contribution >= 0.6 is 23.2 Å². The summed E-state index contributed by atoms with van der Waals surface area (Å²) < 4.78 is 18.8. The van der Waals surface area contributed by atoms with Crippen molar-refractivity contribution >= 4 is 68.5 Å². The molecule has 0 aliphatic heterocycles. The van der Waals surface area contributed by atoms with Gasteiger partial charge in [0.25, 0.3) is 11.5 Å². The molecule has 1 heterocycles. The Balaban J connectivity index is 1.38. The summed E-state index contributed by atoms with van der Waals surface area (Å²) in [7, 11) is 2.83. The SMILES string of the molecule is CCC(OCNc1ccc(OC)c(NC(=O)C(=Nc2ccc(N(CC)CC)c3c2CCCC3)c2nc3c(Cl)cc(Cl)cc3c(=O)n2OC)c1)Oc1ccc(C)cc1C. The number of rotatable bonds is 16. The van der Waals surface area contributed by atoms with Crippen LogP contribution in [-0.2, 0) is 22.4 Å². The van der Waals surface area contributed by atoms with Gasteiger partial charge >= 0.3 is 0 Å². The molecule has 0 spiro atoms. The van der Waals surface area contributed by atoms with Gasteiger partial charge in [-0.15, -0.1) is 4.73 Å². The Morgan fingerprint density at radius 1 is 0.948 bits per heavy atom. The average molecular weight is 830 g/mol. The van der Waals surface area contributed by atoms with Crippen molar-refractivity contribution in [2.75, 3.05) is 49.6 Å². The summed E-state index contributed by atoms with van der Waals surface area (Å²) in [5.74, 6) is 0.336. The third-order valence-electron chi connectivity index (χ3n) is 10.2. The van der Waals surface area contributed by atoms with Crippen molar-refractivity contribution in [1.82, 2.24) is 9.71 Å². The van der Waals surface area contributed by atoms with Crippen molar-refractivity contribution in [2.24, 2.45) is 4.99 Å². The number of aromatic nitrogens is 2. The molecule has 0 saturated heterocycles. The van der Waals surface area contributed by atoms with E-state index < -0.39 is 17.8 Å². The van der Waals surface area contributed by atoms with Gasteiger partial charge in [-0.25, -0.2) is 9.98 Å². The Morgan fingerprint density at radius 3 is 2.38 bits per heavy atom. The van der Waals surface area contributed by atoms with E-state index in [2.05, 4.69) is 41.5 Å². The topological polar surface area (TPSA) is 129 Å². The largest absolute Gasteiger partial charge is 0.495 e. The Labute approximate surface area is 349 Å². The first-order valence-corrected chi connectivity index (χ1v) is 20.3. The predicted molar refractivity (Wildman–Crippen MR) is 233 cm³/mol. The molecular weight excluding hydrogens is 779 g/mol. The predicted octanol–water partition coefficient (Wildman–Crippen LogP) is 9.07. The molecule has 5 aromatic rings. The second kappa shape index (κ2) is 19.0. The van der Waals surface area contributed by atoms with Gasteiger partial charge in [-0.2, -0.15) is 0 Å². The quantitative estimate of drug-likeness (QED) is 0.0740. The Hall–Kier alpha value is -5.30. The van der Waals surface area contributed by atoms with Crippen LogP contribution in [0.5, 0.6) is 11.5 Å². The fraction of sp³-hybridized carbons (Fsp3) is 0.364. The number of halogens is 2. The molecule has 1 aromatic heterocycles. The zero-order chi connectivity index (χ0) is 41.5. The van der Waals surface area contributed by atoms with E-state index in [0.29, 0.717) is 29.2 Å². The molecule has 12 nitrogen and oxygen atoms in total. The number of methoxy groups -OCH3 is 1. The minimum atomic E-state index is -0.667. The van der Waals surface area contributed by atoms with E-state index in [0.717, 1.165) is 71.6 Å². The zero-order valence-electron chi connectivity index (χ0n) is 34.0. The highest BCUT2D eigenvalue weighted by molar-refractivity contribution is 6.49. The number of ether oxygens (including phenoxy) is 3. The third-order valence-corrected chi connectivity index (χ3v) is 10.7. The molecule has 58 heavy (non-hydrogen) atoms. The minimum absolute atomic E-state index is 0.121. The number of nitrogens with zero attached hydrogens (tertiary/aromatic N) is 4. The molecule has 14 heteroatoms. The second-order valence-corrected chi connectivity index (χ2v) is 14.8. The summed E-state index contributed by atoms with van der Waals surface area (Å²) in [5.41, 5.74) is 6.53. The number of carbonyl (C=O) groups excluding carboxylic acids is 1. The Kier molecular flexibility index (Phi) is 13.8. The maximum Gasteiger partial charge on any atom is 0.294 e. The molecule has 1 aliphatic carbocycles. The third kappa shape index (κ3) is 9.20. The summed E-state index contributed by atoms with van der Waals surface area (Å²) in [5, 5.41) is 6.74. The van der Waals surface area contributed by atoms with Crippen LogP contribution < -0.4 is 35.4 Å². The lowest BCUT2D eigenvalue weighted by molar-refractivity contribution is -0.110. The number of hydrogen-bond donors (Lipinski definition) is 2. The van der Waals surface area contributed by atoms with Gasteiger partial charge in [0, 0.05) is 35.9 Å². The first kappa shape index (κ1) is 42.3. The van der Waals surface area contributed by atoms with Crippen molar-refractivity contribution in [1.29, 1.82) is 0 Å². The van der Waals surface area contributed by atoms with Gasteiger partial charge in [-0.05, 0) is 119 Å². The van der Waals surface area contributed by atoms with E-state index in [1.807, 2.05) is 45.0 Å². The number of amides is 1. The lowest BCUT2D eigenvalue weighted by atomic mass is 9.88. The van der Waals surface area contributed by atoms with E-state index in [-0.39, 0.29) is 39.2 Å². The van der Waals surface area contributed by atoms with Gasteiger partial charge < -0.3 is 34.6 Å². The van der Waals surface area contributed by atoms with Crippen LogP contribution in [0.3, 0.4) is 0 Å². The van der Waals surface area contributed by atoms with E-state index in [1.165, 1.54) is 31.9 Å². The van der Waals surface area contributed by atoms with Gasteiger partial charge in [0.1, 0.15) is 25.3 Å². The molecule has 1 aliphatic rings. The van der Waals surface area contributed by atoms with Crippen LogP contribution in [0.4, 0.5) is 22.7 Å². The number of benzene rings is 4. The number of aliphatic imine (C=N–C) groups is 1. The maximum atomic E-state index is 14.7. The first-order chi connectivity index (χ1) is 28.0. The highest BCUT2D eigenvalue weighted by Gasteiger charge is 2.27. The first-order valence-electron chi connectivity index (χ1n) is 19.5. The lowest BCUT2D eigenvalue weighted by Gasteiger charge is -2.29. The molecule has 1 atom stereocenters. The summed E-state index contributed by atoms with van der Waals surface area (Å²) in [4.78, 5) is 46.3. The molecule has 4 aromatic carbocycles. The second-order valence-electron chi connectivity index (χ2n) is 14.0. The molecular formula is C44H50Cl2N6O6. The van der Waals surface area contributed by atoms with Gasteiger partial charge in [0.2, 0.25) is 12.1 Å². The van der Waals surface area contributed by atoms with Gasteiger partial charge in [0.05, 0.1) is 34.4 Å². The molecule has 2 N–H and O–H groups in total. The van der Waals surface area contributed by atoms with Crippen molar-refractivity contribution in [3.05, 3.63) is 109 Å². The maximum absolute atomic E-state index is 14.7. The van der Waals surface area contributed by atoms with Gasteiger partial charge in [-0.3, -0.25) is 9.59 Å². The number of aryl methyl sites for hydroxylation is 2. The number of nitrogens with one attached hydrogen (secondary N) is 2. The van der Waals surface area contributed by atoms with Crippen LogP contribution in [0.15, 0.2) is 70.5 Å². The van der Waals surface area contributed by atoms with Gasteiger partial charge in [-0.1, -0.05) is 47.8 Å². The summed E-state index contributed by atoms with van der Waals surface area (Å²) in [6, 6.07) is 18.2. The van der Waals surface area contributed by atoms with E-state index in [4.69, 9.17) is 52.2 Å². The van der Waals surface area contributed by atoms with Crippen molar-refractivity contribution in [2.45, 2.75) is 73.0 Å². The van der Waals surface area contributed by atoms with Crippen LogP contribution in [0, 0.1) is 13.8 Å². The molecule has 1 unspecified atom stereocenters. The average Bonchev–Trinajstić information content (AvgIpc) is 3.21.